The largest absolute Gasteiger partial charge is 0.271 e. The average molecular weight is 321 g/mol. The molecule has 1 fully saturated rings. The van der Waals surface area contributed by atoms with Gasteiger partial charge < -0.3 is 0 Å². The molecule has 1 aliphatic heterocycles. The van der Waals surface area contributed by atoms with Gasteiger partial charge in [-0.3, -0.25) is 11.3 Å². The number of rotatable bonds is 4. The standard InChI is InChI=1S/C13H18ClFN2O2S/c14-11-5-4-10(15)7-9(11)8-12(17-16)13-3-1-2-6-20(13,18)19/h4-5,7,12-13,17H,1-3,6,8,16H2. The van der Waals surface area contributed by atoms with Crippen molar-refractivity contribution in [3.05, 3.63) is 34.6 Å². The number of hydrogen-bond donors (Lipinski definition) is 2. The van der Waals surface area contributed by atoms with E-state index < -0.39 is 26.9 Å². The van der Waals surface area contributed by atoms with E-state index in [4.69, 9.17) is 17.4 Å². The molecule has 1 saturated heterocycles. The van der Waals surface area contributed by atoms with Gasteiger partial charge >= 0.3 is 0 Å². The quantitative estimate of drug-likeness (QED) is 0.655. The first-order valence-electron chi connectivity index (χ1n) is 6.55. The lowest BCUT2D eigenvalue weighted by atomic mass is 10.00. The van der Waals surface area contributed by atoms with Crippen molar-refractivity contribution >= 4 is 21.4 Å². The number of nitrogens with one attached hydrogen (secondary N) is 1. The maximum Gasteiger partial charge on any atom is 0.154 e. The molecular weight excluding hydrogens is 303 g/mol. The van der Waals surface area contributed by atoms with Crippen LogP contribution in [0.4, 0.5) is 4.39 Å². The van der Waals surface area contributed by atoms with Gasteiger partial charge in [-0.25, -0.2) is 12.8 Å². The van der Waals surface area contributed by atoms with Crippen LogP contribution < -0.4 is 11.3 Å². The SMILES string of the molecule is NNC(Cc1cc(F)ccc1Cl)C1CCCCS1(=O)=O. The third kappa shape index (κ3) is 3.49. The van der Waals surface area contributed by atoms with E-state index in [1.165, 1.54) is 18.2 Å². The molecule has 1 aromatic rings. The predicted molar refractivity (Wildman–Crippen MR) is 77.7 cm³/mol. The number of halogens is 2. The van der Waals surface area contributed by atoms with Crippen molar-refractivity contribution in [3.8, 4) is 0 Å². The third-order valence-corrected chi connectivity index (χ3v) is 6.45. The number of nitrogens with two attached hydrogens (primary N) is 1. The fourth-order valence-corrected chi connectivity index (χ4v) is 4.97. The number of benzene rings is 1. The highest BCUT2D eigenvalue weighted by molar-refractivity contribution is 7.92. The molecule has 1 aromatic carbocycles. The first kappa shape index (κ1) is 15.7. The Morgan fingerprint density at radius 1 is 1.45 bits per heavy atom. The summed E-state index contributed by atoms with van der Waals surface area (Å²) in [5.74, 6) is 5.30. The average Bonchev–Trinajstić information content (AvgIpc) is 2.40. The smallest absolute Gasteiger partial charge is 0.154 e. The van der Waals surface area contributed by atoms with Gasteiger partial charge in [-0.15, -0.1) is 0 Å². The summed E-state index contributed by atoms with van der Waals surface area (Å²) < 4.78 is 37.5. The van der Waals surface area contributed by atoms with Crippen LogP contribution in [-0.4, -0.2) is 25.5 Å². The summed E-state index contributed by atoms with van der Waals surface area (Å²) in [5.41, 5.74) is 3.13. The highest BCUT2D eigenvalue weighted by Gasteiger charge is 2.35. The molecule has 20 heavy (non-hydrogen) atoms. The number of sulfone groups is 1. The van der Waals surface area contributed by atoms with E-state index in [9.17, 15) is 12.8 Å². The van der Waals surface area contributed by atoms with E-state index in [0.717, 1.165) is 6.42 Å². The molecule has 2 atom stereocenters. The Morgan fingerprint density at radius 2 is 2.20 bits per heavy atom. The van der Waals surface area contributed by atoms with Crippen LogP contribution >= 0.6 is 11.6 Å². The van der Waals surface area contributed by atoms with Crippen molar-refractivity contribution in [2.24, 2.45) is 5.84 Å². The Labute approximate surface area is 123 Å². The number of hydrogen-bond acceptors (Lipinski definition) is 4. The summed E-state index contributed by atoms with van der Waals surface area (Å²) in [5, 5.41) is -0.125. The predicted octanol–water partition coefficient (Wildman–Crippen LogP) is 1.82. The van der Waals surface area contributed by atoms with Crippen LogP contribution in [0.3, 0.4) is 0 Å². The zero-order valence-electron chi connectivity index (χ0n) is 11.0. The van der Waals surface area contributed by atoms with Gasteiger partial charge in [0, 0.05) is 11.1 Å². The second kappa shape index (κ2) is 6.39. The minimum absolute atomic E-state index is 0.187. The summed E-state index contributed by atoms with van der Waals surface area (Å²) in [7, 11) is -3.16. The summed E-state index contributed by atoms with van der Waals surface area (Å²) in [4.78, 5) is 0. The van der Waals surface area contributed by atoms with E-state index >= 15 is 0 Å². The molecule has 112 valence electrons. The molecule has 0 bridgehead atoms. The van der Waals surface area contributed by atoms with Gasteiger partial charge in [-0.05, 0) is 43.0 Å². The molecule has 0 aliphatic carbocycles. The molecule has 0 aromatic heterocycles. The first-order valence-corrected chi connectivity index (χ1v) is 8.65. The highest BCUT2D eigenvalue weighted by atomic mass is 35.5. The molecule has 3 N–H and O–H groups in total. The van der Waals surface area contributed by atoms with Crippen LogP contribution in [-0.2, 0) is 16.3 Å². The normalized spacial score (nSPS) is 23.4. The van der Waals surface area contributed by atoms with Gasteiger partial charge in [0.2, 0.25) is 0 Å². The van der Waals surface area contributed by atoms with Crippen molar-refractivity contribution in [1.82, 2.24) is 5.43 Å². The van der Waals surface area contributed by atoms with Crippen LogP contribution in [0.2, 0.25) is 5.02 Å². The minimum Gasteiger partial charge on any atom is -0.271 e. The van der Waals surface area contributed by atoms with E-state index in [1.807, 2.05) is 0 Å². The zero-order valence-corrected chi connectivity index (χ0v) is 12.6. The van der Waals surface area contributed by atoms with Gasteiger partial charge in [-0.2, -0.15) is 0 Å². The van der Waals surface area contributed by atoms with Gasteiger partial charge in [0.25, 0.3) is 0 Å². The van der Waals surface area contributed by atoms with E-state index in [-0.39, 0.29) is 12.2 Å². The van der Waals surface area contributed by atoms with Gasteiger partial charge in [0.15, 0.2) is 9.84 Å². The Morgan fingerprint density at radius 3 is 2.85 bits per heavy atom. The monoisotopic (exact) mass is 320 g/mol. The molecule has 2 rings (SSSR count). The van der Waals surface area contributed by atoms with Crippen molar-refractivity contribution in [2.75, 3.05) is 5.75 Å². The molecule has 0 radical (unpaired) electrons. The summed E-state index contributed by atoms with van der Waals surface area (Å²) in [6.07, 6.45) is 2.41. The summed E-state index contributed by atoms with van der Waals surface area (Å²) in [6.45, 7) is 0. The molecule has 2 unspecified atom stereocenters. The fraction of sp³-hybridized carbons (Fsp3) is 0.538. The lowest BCUT2D eigenvalue weighted by Crippen LogP contribution is -2.50. The Bertz CT molecular complexity index is 580. The van der Waals surface area contributed by atoms with E-state index in [1.54, 1.807) is 0 Å². The summed E-state index contributed by atoms with van der Waals surface area (Å²) in [6, 6.07) is 3.60. The zero-order chi connectivity index (χ0) is 14.8. The molecule has 0 saturated carbocycles. The second-order valence-corrected chi connectivity index (χ2v) is 7.86. The van der Waals surface area contributed by atoms with Crippen molar-refractivity contribution in [2.45, 2.75) is 37.0 Å². The molecule has 0 amide bonds. The number of hydrazine groups is 1. The first-order chi connectivity index (χ1) is 9.44. The molecule has 1 heterocycles. The van der Waals surface area contributed by atoms with Gasteiger partial charge in [-0.1, -0.05) is 18.0 Å². The summed E-state index contributed by atoms with van der Waals surface area (Å²) >= 11 is 6.02. The van der Waals surface area contributed by atoms with Crippen LogP contribution in [0.15, 0.2) is 18.2 Å². The molecule has 7 heteroatoms. The molecule has 1 aliphatic rings. The topological polar surface area (TPSA) is 72.2 Å². The lowest BCUT2D eigenvalue weighted by Gasteiger charge is -2.29. The van der Waals surface area contributed by atoms with Crippen LogP contribution in [0.25, 0.3) is 0 Å². The minimum atomic E-state index is -3.16. The highest BCUT2D eigenvalue weighted by Crippen LogP contribution is 2.26. The van der Waals surface area contributed by atoms with Crippen molar-refractivity contribution in [3.63, 3.8) is 0 Å². The van der Waals surface area contributed by atoms with E-state index in [2.05, 4.69) is 5.43 Å². The van der Waals surface area contributed by atoms with Crippen molar-refractivity contribution < 1.29 is 12.8 Å². The van der Waals surface area contributed by atoms with Crippen LogP contribution in [0, 0.1) is 5.82 Å². The Hall–Kier alpha value is -0.690. The maximum atomic E-state index is 13.3. The Balaban J connectivity index is 2.22. The molecular formula is C13H18ClFN2O2S. The van der Waals surface area contributed by atoms with Crippen LogP contribution in [0.5, 0.6) is 0 Å². The maximum absolute atomic E-state index is 13.3. The van der Waals surface area contributed by atoms with Gasteiger partial charge in [0.1, 0.15) is 5.82 Å². The third-order valence-electron chi connectivity index (χ3n) is 3.74. The lowest BCUT2D eigenvalue weighted by molar-refractivity contribution is 0.440. The van der Waals surface area contributed by atoms with Crippen molar-refractivity contribution in [1.29, 1.82) is 0 Å². The fourth-order valence-electron chi connectivity index (χ4n) is 2.67. The molecule has 4 nitrogen and oxygen atoms in total. The van der Waals surface area contributed by atoms with Gasteiger partial charge in [0.05, 0.1) is 11.0 Å². The van der Waals surface area contributed by atoms with E-state index in [0.29, 0.717) is 23.4 Å². The second-order valence-electron chi connectivity index (χ2n) is 5.11. The Kier molecular flexibility index (Phi) is 5.01. The molecule has 0 spiro atoms. The van der Waals surface area contributed by atoms with Crippen LogP contribution in [0.1, 0.15) is 24.8 Å².